The van der Waals surface area contributed by atoms with Crippen molar-refractivity contribution in [2.24, 2.45) is 11.8 Å². The fourth-order valence-corrected chi connectivity index (χ4v) is 5.56. The molecule has 2 saturated carbocycles. The molecule has 2 bridgehead atoms. The number of carbonyl (C=O) groups excluding carboxylic acids is 1. The van der Waals surface area contributed by atoms with E-state index in [-0.39, 0.29) is 5.92 Å². The highest BCUT2D eigenvalue weighted by Crippen LogP contribution is 2.47. The van der Waals surface area contributed by atoms with E-state index in [0.717, 1.165) is 24.9 Å². The Morgan fingerprint density at radius 1 is 1.23 bits per heavy atom. The van der Waals surface area contributed by atoms with E-state index in [4.69, 9.17) is 0 Å². The molecule has 2 aliphatic rings. The van der Waals surface area contributed by atoms with E-state index in [1.54, 1.807) is 18.2 Å². The minimum Gasteiger partial charge on any atom is -0.378 e. The van der Waals surface area contributed by atoms with Crippen LogP contribution in [0.3, 0.4) is 0 Å². The highest BCUT2D eigenvalue weighted by Gasteiger charge is 2.46. The molecule has 3 atom stereocenters. The Bertz CT molecular complexity index is 684. The number of nitrogens with zero attached hydrogens (tertiary/aromatic N) is 1. The van der Waals surface area contributed by atoms with Gasteiger partial charge in [0, 0.05) is 25.3 Å². The van der Waals surface area contributed by atoms with Crippen molar-refractivity contribution < 1.29 is 13.2 Å². The smallest absolute Gasteiger partial charge is 0.264 e. The molecule has 0 aliphatic heterocycles. The monoisotopic (exact) mass is 322 g/mol. The van der Waals surface area contributed by atoms with E-state index < -0.39 is 21.2 Å². The predicted octanol–water partition coefficient (Wildman–Crippen LogP) is 2.00. The summed E-state index contributed by atoms with van der Waals surface area (Å²) >= 11 is 0. The van der Waals surface area contributed by atoms with E-state index >= 15 is 0 Å². The number of hydrogen-bond acceptors (Lipinski definition) is 4. The predicted molar refractivity (Wildman–Crippen MR) is 86.4 cm³/mol. The zero-order valence-electron chi connectivity index (χ0n) is 13.0. The van der Waals surface area contributed by atoms with Crippen LogP contribution < -0.4 is 9.62 Å². The normalized spacial score (nSPS) is 26.9. The fourth-order valence-electron chi connectivity index (χ4n) is 3.76. The van der Waals surface area contributed by atoms with E-state index in [1.165, 1.54) is 0 Å². The summed E-state index contributed by atoms with van der Waals surface area (Å²) in [6.07, 6.45) is 3.80. The van der Waals surface area contributed by atoms with Crippen LogP contribution in [0.1, 0.15) is 36.0 Å². The standard InChI is InChI=1S/C16H22N2O3S/c1-18(2)14-5-3-4-13(10-14)16(19)17-22(20,21)15-9-11-6-7-12(15)8-11/h3-5,10-12,15H,6-9H2,1-2H3,(H,17,19)/t11-,12+,15?/m1/s1. The molecule has 0 spiro atoms. The average molecular weight is 322 g/mol. The molecule has 120 valence electrons. The summed E-state index contributed by atoms with van der Waals surface area (Å²) in [5.41, 5.74) is 1.24. The number of nitrogens with one attached hydrogen (secondary N) is 1. The summed E-state index contributed by atoms with van der Waals surface area (Å²) in [6, 6.07) is 6.97. The molecule has 0 saturated heterocycles. The molecule has 0 heterocycles. The van der Waals surface area contributed by atoms with E-state index in [2.05, 4.69) is 4.72 Å². The van der Waals surface area contributed by atoms with Crippen molar-refractivity contribution in [2.75, 3.05) is 19.0 Å². The molecule has 0 aromatic heterocycles. The van der Waals surface area contributed by atoms with Crippen LogP contribution in [-0.2, 0) is 10.0 Å². The van der Waals surface area contributed by atoms with Gasteiger partial charge in [0.15, 0.2) is 0 Å². The maximum Gasteiger partial charge on any atom is 0.264 e. The second-order valence-electron chi connectivity index (χ2n) is 6.63. The number of rotatable bonds is 4. The highest BCUT2D eigenvalue weighted by molar-refractivity contribution is 7.90. The Morgan fingerprint density at radius 3 is 2.59 bits per heavy atom. The van der Waals surface area contributed by atoms with Crippen molar-refractivity contribution in [3.8, 4) is 0 Å². The van der Waals surface area contributed by atoms with Crippen LogP contribution in [0, 0.1) is 11.8 Å². The molecular formula is C16H22N2O3S. The molecule has 22 heavy (non-hydrogen) atoms. The van der Waals surface area contributed by atoms with Gasteiger partial charge in [-0.15, -0.1) is 0 Å². The first-order valence-electron chi connectivity index (χ1n) is 7.70. The molecule has 0 radical (unpaired) electrons. The summed E-state index contributed by atoms with van der Waals surface area (Å²) in [7, 11) is 0.172. The third-order valence-corrected chi connectivity index (χ3v) is 6.78. The van der Waals surface area contributed by atoms with Crippen LogP contribution in [0.4, 0.5) is 5.69 Å². The van der Waals surface area contributed by atoms with Crippen molar-refractivity contribution >= 4 is 21.6 Å². The zero-order chi connectivity index (χ0) is 15.9. The Balaban J connectivity index is 1.75. The first-order chi connectivity index (χ1) is 10.4. The summed E-state index contributed by atoms with van der Waals surface area (Å²) < 4.78 is 27.2. The van der Waals surface area contributed by atoms with Gasteiger partial charge in [-0.3, -0.25) is 4.79 Å². The van der Waals surface area contributed by atoms with Crippen LogP contribution >= 0.6 is 0 Å². The van der Waals surface area contributed by atoms with Crippen LogP contribution in [-0.4, -0.2) is 33.7 Å². The van der Waals surface area contributed by atoms with Crippen LogP contribution in [0.25, 0.3) is 0 Å². The van der Waals surface area contributed by atoms with Gasteiger partial charge >= 0.3 is 0 Å². The van der Waals surface area contributed by atoms with Gasteiger partial charge < -0.3 is 4.90 Å². The first-order valence-corrected chi connectivity index (χ1v) is 9.25. The van der Waals surface area contributed by atoms with Gasteiger partial charge in [-0.25, -0.2) is 13.1 Å². The Morgan fingerprint density at radius 2 is 2.00 bits per heavy atom. The second-order valence-corrected chi connectivity index (χ2v) is 8.53. The van der Waals surface area contributed by atoms with Crippen LogP contribution in [0.2, 0.25) is 0 Å². The van der Waals surface area contributed by atoms with Gasteiger partial charge in [0.2, 0.25) is 10.0 Å². The summed E-state index contributed by atoms with van der Waals surface area (Å²) in [5.74, 6) is 0.216. The van der Waals surface area contributed by atoms with Crippen molar-refractivity contribution in [3.05, 3.63) is 29.8 Å². The molecule has 6 heteroatoms. The molecule has 1 unspecified atom stereocenters. The molecular weight excluding hydrogens is 300 g/mol. The topological polar surface area (TPSA) is 66.5 Å². The molecule has 2 aliphatic carbocycles. The van der Waals surface area contributed by atoms with Gasteiger partial charge in [0.1, 0.15) is 0 Å². The molecule has 3 rings (SSSR count). The fraction of sp³-hybridized carbons (Fsp3) is 0.562. The van der Waals surface area contributed by atoms with Gasteiger partial charge in [0.25, 0.3) is 5.91 Å². The lowest BCUT2D eigenvalue weighted by Gasteiger charge is -2.22. The highest BCUT2D eigenvalue weighted by atomic mass is 32.2. The number of carbonyl (C=O) groups is 1. The summed E-state index contributed by atoms with van der Waals surface area (Å²) in [6.45, 7) is 0. The second kappa shape index (κ2) is 5.57. The molecule has 5 nitrogen and oxygen atoms in total. The van der Waals surface area contributed by atoms with Crippen molar-refractivity contribution in [2.45, 2.75) is 30.9 Å². The molecule has 1 amide bonds. The lowest BCUT2D eigenvalue weighted by molar-refractivity contribution is 0.0981. The van der Waals surface area contributed by atoms with Crippen molar-refractivity contribution in [1.29, 1.82) is 0 Å². The van der Waals surface area contributed by atoms with Gasteiger partial charge in [0.05, 0.1) is 5.25 Å². The quantitative estimate of drug-likeness (QED) is 0.921. The number of hydrogen-bond donors (Lipinski definition) is 1. The van der Waals surface area contributed by atoms with Crippen molar-refractivity contribution in [1.82, 2.24) is 4.72 Å². The maximum atomic E-state index is 12.5. The minimum atomic E-state index is -3.58. The van der Waals surface area contributed by atoms with Gasteiger partial charge in [-0.1, -0.05) is 12.5 Å². The lowest BCUT2D eigenvalue weighted by atomic mass is 10.0. The van der Waals surface area contributed by atoms with E-state index in [0.29, 0.717) is 17.9 Å². The van der Waals surface area contributed by atoms with E-state index in [9.17, 15) is 13.2 Å². The first kappa shape index (κ1) is 15.3. The van der Waals surface area contributed by atoms with Gasteiger partial charge in [-0.2, -0.15) is 0 Å². The summed E-state index contributed by atoms with van der Waals surface area (Å²) in [5, 5.41) is -0.396. The average Bonchev–Trinajstić information content (AvgIpc) is 3.10. The minimum absolute atomic E-state index is 0.225. The molecule has 2 fully saturated rings. The molecule has 1 aromatic rings. The van der Waals surface area contributed by atoms with Crippen LogP contribution in [0.5, 0.6) is 0 Å². The van der Waals surface area contributed by atoms with Crippen molar-refractivity contribution in [3.63, 3.8) is 0 Å². The third-order valence-electron chi connectivity index (χ3n) is 4.93. The number of anilines is 1. The number of benzene rings is 1. The van der Waals surface area contributed by atoms with Gasteiger partial charge in [-0.05, 0) is 49.3 Å². The molecule has 1 N–H and O–H groups in total. The Hall–Kier alpha value is -1.56. The lowest BCUT2D eigenvalue weighted by Crippen LogP contribution is -2.40. The largest absolute Gasteiger partial charge is 0.378 e. The Kier molecular flexibility index (Phi) is 3.89. The Labute approximate surface area is 131 Å². The maximum absolute atomic E-state index is 12.5. The number of fused-ring (bicyclic) bond motifs is 2. The van der Waals surface area contributed by atoms with E-state index in [1.807, 2.05) is 25.1 Å². The SMILES string of the molecule is CN(C)c1cccc(C(=O)NS(=O)(=O)C2C[C@@H]3CC[C@H]2C3)c1. The van der Waals surface area contributed by atoms with Crippen LogP contribution in [0.15, 0.2) is 24.3 Å². The third kappa shape index (κ3) is 2.84. The number of sulfonamides is 1. The zero-order valence-corrected chi connectivity index (χ0v) is 13.8. The number of amides is 1. The summed E-state index contributed by atoms with van der Waals surface area (Å²) in [4.78, 5) is 14.2. The molecule has 1 aromatic carbocycles.